The molecule has 0 bridgehead atoms. The summed E-state index contributed by atoms with van der Waals surface area (Å²) in [5, 5.41) is 0. The first-order valence-electron chi connectivity index (χ1n) is 5.61. The Balaban J connectivity index is 2.30. The molecule has 4 heteroatoms. The Labute approximate surface area is 119 Å². The van der Waals surface area contributed by atoms with Gasteiger partial charge in [0.1, 0.15) is 11.6 Å². The van der Waals surface area contributed by atoms with Crippen LogP contribution in [0.4, 0.5) is 10.1 Å². The lowest BCUT2D eigenvalue weighted by Crippen LogP contribution is -1.95. The fourth-order valence-electron chi connectivity index (χ4n) is 1.59. The van der Waals surface area contributed by atoms with Gasteiger partial charge in [0, 0.05) is 6.07 Å². The monoisotopic (exact) mass is 357 g/mol. The van der Waals surface area contributed by atoms with Gasteiger partial charge in [-0.15, -0.1) is 0 Å². The highest BCUT2D eigenvalue weighted by molar-refractivity contribution is 14.1. The molecule has 0 atom stereocenters. The van der Waals surface area contributed by atoms with Crippen molar-refractivity contribution in [1.29, 1.82) is 0 Å². The molecule has 0 fully saturated rings. The molecule has 0 radical (unpaired) electrons. The average Bonchev–Trinajstić information content (AvgIpc) is 2.36. The Bertz CT molecular complexity index is 572. The number of benzene rings is 2. The summed E-state index contributed by atoms with van der Waals surface area (Å²) >= 11 is 1.90. The summed E-state index contributed by atoms with van der Waals surface area (Å²) in [7, 11) is 0. The summed E-state index contributed by atoms with van der Waals surface area (Å²) < 4.78 is 19.6. The predicted octanol–water partition coefficient (Wildman–Crippen LogP) is 4.37. The molecule has 0 spiro atoms. The van der Waals surface area contributed by atoms with Gasteiger partial charge in [-0.2, -0.15) is 0 Å². The van der Waals surface area contributed by atoms with Crippen LogP contribution >= 0.6 is 22.6 Å². The van der Waals surface area contributed by atoms with Crippen LogP contribution in [0.2, 0.25) is 0 Å². The third-order valence-corrected chi connectivity index (χ3v) is 3.41. The average molecular weight is 357 g/mol. The molecule has 0 saturated heterocycles. The number of nitrogen functional groups attached to an aromatic ring is 1. The summed E-state index contributed by atoms with van der Waals surface area (Å²) in [6.07, 6.45) is 0.924. The van der Waals surface area contributed by atoms with Crippen LogP contribution in [0.5, 0.6) is 11.5 Å². The number of ether oxygens (including phenoxy) is 1. The zero-order valence-electron chi connectivity index (χ0n) is 9.91. The standard InChI is InChI=1S/C14H13FINO/c1-2-9-4-3-5-10(6-9)18-14-7-11(15)12(16)8-13(14)17/h3-8H,2,17H2,1H3. The van der Waals surface area contributed by atoms with Gasteiger partial charge in [0.25, 0.3) is 0 Å². The zero-order valence-corrected chi connectivity index (χ0v) is 12.1. The molecule has 2 aromatic rings. The number of rotatable bonds is 3. The van der Waals surface area contributed by atoms with Crippen LogP contribution in [0, 0.1) is 9.39 Å². The van der Waals surface area contributed by atoms with Crippen molar-refractivity contribution >= 4 is 28.3 Å². The zero-order chi connectivity index (χ0) is 13.1. The fraction of sp³-hybridized carbons (Fsp3) is 0.143. The Morgan fingerprint density at radius 1 is 1.28 bits per heavy atom. The van der Waals surface area contributed by atoms with Crippen molar-refractivity contribution in [1.82, 2.24) is 0 Å². The molecule has 0 aliphatic rings. The largest absolute Gasteiger partial charge is 0.455 e. The van der Waals surface area contributed by atoms with E-state index in [1.165, 1.54) is 6.07 Å². The second-order valence-electron chi connectivity index (χ2n) is 3.91. The molecule has 2 N–H and O–H groups in total. The first-order chi connectivity index (χ1) is 8.60. The van der Waals surface area contributed by atoms with E-state index in [0.29, 0.717) is 20.8 Å². The third kappa shape index (κ3) is 2.93. The summed E-state index contributed by atoms with van der Waals surface area (Å²) in [6.45, 7) is 2.07. The first kappa shape index (κ1) is 13.1. The number of nitrogens with two attached hydrogens (primary N) is 1. The summed E-state index contributed by atoms with van der Waals surface area (Å²) in [5.41, 5.74) is 7.41. The van der Waals surface area contributed by atoms with Crippen LogP contribution in [0.15, 0.2) is 36.4 Å². The molecule has 0 heterocycles. The molecule has 2 nitrogen and oxygen atoms in total. The normalized spacial score (nSPS) is 10.4. The van der Waals surface area contributed by atoms with Gasteiger partial charge in [-0.05, 0) is 52.8 Å². The maximum atomic E-state index is 13.5. The topological polar surface area (TPSA) is 35.2 Å². The van der Waals surface area contributed by atoms with E-state index in [1.54, 1.807) is 6.07 Å². The lowest BCUT2D eigenvalue weighted by atomic mass is 10.2. The van der Waals surface area contributed by atoms with Crippen LogP contribution in [-0.2, 0) is 6.42 Å². The Morgan fingerprint density at radius 2 is 2.06 bits per heavy atom. The van der Waals surface area contributed by atoms with Crippen LogP contribution < -0.4 is 10.5 Å². The van der Waals surface area contributed by atoms with E-state index in [2.05, 4.69) is 6.92 Å². The third-order valence-electron chi connectivity index (χ3n) is 2.59. The van der Waals surface area contributed by atoms with Crippen LogP contribution in [0.25, 0.3) is 0 Å². The van der Waals surface area contributed by atoms with Gasteiger partial charge in [-0.3, -0.25) is 0 Å². The minimum absolute atomic E-state index is 0.327. The number of hydrogen-bond donors (Lipinski definition) is 1. The minimum Gasteiger partial charge on any atom is -0.455 e. The molecular weight excluding hydrogens is 344 g/mol. The van der Waals surface area contributed by atoms with Crippen molar-refractivity contribution < 1.29 is 9.13 Å². The van der Waals surface area contributed by atoms with Crippen LogP contribution in [-0.4, -0.2) is 0 Å². The van der Waals surface area contributed by atoms with Gasteiger partial charge in [-0.25, -0.2) is 4.39 Å². The molecule has 0 saturated carbocycles. The molecule has 18 heavy (non-hydrogen) atoms. The van der Waals surface area contributed by atoms with Gasteiger partial charge in [0.05, 0.1) is 9.26 Å². The predicted molar refractivity (Wildman–Crippen MR) is 79.4 cm³/mol. The fourth-order valence-corrected chi connectivity index (χ4v) is 2.08. The second-order valence-corrected chi connectivity index (χ2v) is 5.07. The van der Waals surface area contributed by atoms with Gasteiger partial charge in [0.2, 0.25) is 0 Å². The number of anilines is 1. The molecule has 0 aromatic heterocycles. The van der Waals surface area contributed by atoms with E-state index in [0.717, 1.165) is 12.0 Å². The molecule has 94 valence electrons. The van der Waals surface area contributed by atoms with E-state index in [-0.39, 0.29) is 5.82 Å². The van der Waals surface area contributed by atoms with Crippen molar-refractivity contribution in [2.24, 2.45) is 0 Å². The van der Waals surface area contributed by atoms with Crippen molar-refractivity contribution in [3.63, 3.8) is 0 Å². The van der Waals surface area contributed by atoms with E-state index in [9.17, 15) is 4.39 Å². The van der Waals surface area contributed by atoms with Gasteiger partial charge < -0.3 is 10.5 Å². The van der Waals surface area contributed by atoms with Crippen molar-refractivity contribution in [3.05, 3.63) is 51.3 Å². The SMILES string of the molecule is CCc1cccc(Oc2cc(F)c(I)cc2N)c1. The van der Waals surface area contributed by atoms with E-state index >= 15 is 0 Å². The van der Waals surface area contributed by atoms with Crippen molar-refractivity contribution in [2.75, 3.05) is 5.73 Å². The minimum atomic E-state index is -0.327. The maximum Gasteiger partial charge on any atom is 0.153 e. The van der Waals surface area contributed by atoms with E-state index in [1.807, 2.05) is 46.9 Å². The Kier molecular flexibility index (Phi) is 4.06. The maximum absolute atomic E-state index is 13.5. The molecule has 0 amide bonds. The summed E-state index contributed by atoms with van der Waals surface area (Å²) in [5.74, 6) is 0.689. The molecular formula is C14H13FINO. The smallest absolute Gasteiger partial charge is 0.153 e. The highest BCUT2D eigenvalue weighted by Crippen LogP contribution is 2.30. The van der Waals surface area contributed by atoms with E-state index in [4.69, 9.17) is 10.5 Å². The van der Waals surface area contributed by atoms with Gasteiger partial charge in [-0.1, -0.05) is 19.1 Å². The lowest BCUT2D eigenvalue weighted by Gasteiger charge is -2.10. The first-order valence-corrected chi connectivity index (χ1v) is 6.69. The van der Waals surface area contributed by atoms with Crippen molar-refractivity contribution in [3.8, 4) is 11.5 Å². The van der Waals surface area contributed by atoms with Crippen LogP contribution in [0.1, 0.15) is 12.5 Å². The molecule has 0 unspecified atom stereocenters. The van der Waals surface area contributed by atoms with E-state index < -0.39 is 0 Å². The molecule has 0 aliphatic heterocycles. The highest BCUT2D eigenvalue weighted by atomic mass is 127. The highest BCUT2D eigenvalue weighted by Gasteiger charge is 2.08. The second kappa shape index (κ2) is 5.56. The molecule has 2 aromatic carbocycles. The number of hydrogen-bond acceptors (Lipinski definition) is 2. The number of aryl methyl sites for hydroxylation is 1. The summed E-state index contributed by atoms with van der Waals surface area (Å²) in [6, 6.07) is 10.6. The van der Waals surface area contributed by atoms with Gasteiger partial charge in [0.15, 0.2) is 5.75 Å². The molecule has 2 rings (SSSR count). The van der Waals surface area contributed by atoms with Crippen molar-refractivity contribution in [2.45, 2.75) is 13.3 Å². The summed E-state index contributed by atoms with van der Waals surface area (Å²) in [4.78, 5) is 0. The lowest BCUT2D eigenvalue weighted by molar-refractivity contribution is 0.478. The molecule has 0 aliphatic carbocycles. The number of halogens is 2. The van der Waals surface area contributed by atoms with Crippen LogP contribution in [0.3, 0.4) is 0 Å². The quantitative estimate of drug-likeness (QED) is 0.654. The Hall–Kier alpha value is -1.30. The Morgan fingerprint density at radius 3 is 2.78 bits per heavy atom. The van der Waals surface area contributed by atoms with Gasteiger partial charge >= 0.3 is 0 Å².